The zero-order valence-corrected chi connectivity index (χ0v) is 13.3. The Morgan fingerprint density at radius 2 is 1.76 bits per heavy atom. The Kier molecular flexibility index (Phi) is 4.29. The summed E-state index contributed by atoms with van der Waals surface area (Å²) in [5.41, 5.74) is 3.04. The molecule has 2 nitrogen and oxygen atoms in total. The summed E-state index contributed by atoms with van der Waals surface area (Å²) in [6.45, 7) is 0. The van der Waals surface area contributed by atoms with Crippen molar-refractivity contribution in [2.24, 2.45) is 5.10 Å². The summed E-state index contributed by atoms with van der Waals surface area (Å²) in [4.78, 5) is 0. The minimum atomic E-state index is 0.715. The van der Waals surface area contributed by atoms with Crippen molar-refractivity contribution in [2.75, 3.05) is 0 Å². The second-order valence-corrected chi connectivity index (χ2v) is 6.30. The number of nitrogens with zero attached hydrogens (tertiary/aromatic N) is 2. The molecule has 0 saturated carbocycles. The van der Waals surface area contributed by atoms with E-state index in [1.807, 2.05) is 66.2 Å². The summed E-state index contributed by atoms with van der Waals surface area (Å²) in [6, 6.07) is 17.6. The molecular formula is C16H11ClN2S2. The Hall–Kier alpha value is -1.75. The highest BCUT2D eigenvalue weighted by atomic mass is 35.5. The highest BCUT2D eigenvalue weighted by molar-refractivity contribution is 7.73. The SMILES string of the molecule is S=c1scc(-c2ccc(Cl)cc2)n1N=Cc1ccccc1. The summed E-state index contributed by atoms with van der Waals surface area (Å²) in [5.74, 6) is 0. The van der Waals surface area contributed by atoms with Gasteiger partial charge in [0.2, 0.25) is 0 Å². The number of hydrogen-bond donors (Lipinski definition) is 0. The highest BCUT2D eigenvalue weighted by Gasteiger charge is 2.06. The molecule has 104 valence electrons. The summed E-state index contributed by atoms with van der Waals surface area (Å²) in [6.07, 6.45) is 1.81. The predicted octanol–water partition coefficient (Wildman–Crippen LogP) is 5.48. The first-order chi connectivity index (χ1) is 10.2. The van der Waals surface area contributed by atoms with Crippen LogP contribution in [0.25, 0.3) is 11.3 Å². The maximum Gasteiger partial charge on any atom is 0.182 e. The molecule has 0 unspecified atom stereocenters. The average Bonchev–Trinajstić information content (AvgIpc) is 2.88. The van der Waals surface area contributed by atoms with Gasteiger partial charge in [-0.2, -0.15) is 5.10 Å². The Balaban J connectivity index is 2.00. The van der Waals surface area contributed by atoms with Crippen LogP contribution in [0.1, 0.15) is 5.56 Å². The Bertz CT molecular complexity index is 817. The number of halogens is 1. The van der Waals surface area contributed by atoms with Gasteiger partial charge >= 0.3 is 0 Å². The first-order valence-corrected chi connectivity index (χ1v) is 7.96. The minimum Gasteiger partial charge on any atom is -0.211 e. The Labute approximate surface area is 137 Å². The Morgan fingerprint density at radius 1 is 1.05 bits per heavy atom. The van der Waals surface area contributed by atoms with Crippen LogP contribution in [0.4, 0.5) is 0 Å². The lowest BCUT2D eigenvalue weighted by Crippen LogP contribution is -1.93. The van der Waals surface area contributed by atoms with Crippen molar-refractivity contribution in [3.8, 4) is 11.3 Å². The van der Waals surface area contributed by atoms with Gasteiger partial charge in [0, 0.05) is 16.0 Å². The molecule has 3 rings (SSSR count). The van der Waals surface area contributed by atoms with Gasteiger partial charge in [-0.15, -0.1) is 11.3 Å². The van der Waals surface area contributed by atoms with Gasteiger partial charge in [0.15, 0.2) is 3.95 Å². The van der Waals surface area contributed by atoms with Gasteiger partial charge in [0.1, 0.15) is 0 Å². The van der Waals surface area contributed by atoms with Crippen LogP contribution < -0.4 is 0 Å². The van der Waals surface area contributed by atoms with Crippen LogP contribution in [-0.2, 0) is 0 Å². The van der Waals surface area contributed by atoms with Crippen LogP contribution in [-0.4, -0.2) is 10.9 Å². The molecule has 5 heteroatoms. The molecule has 0 N–H and O–H groups in total. The first kappa shape index (κ1) is 14.2. The molecular weight excluding hydrogens is 320 g/mol. The zero-order chi connectivity index (χ0) is 14.7. The zero-order valence-electron chi connectivity index (χ0n) is 10.9. The van der Waals surface area contributed by atoms with Gasteiger partial charge in [-0.1, -0.05) is 54.1 Å². The van der Waals surface area contributed by atoms with E-state index in [-0.39, 0.29) is 0 Å². The van der Waals surface area contributed by atoms with Crippen LogP contribution in [0, 0.1) is 3.95 Å². The third kappa shape index (κ3) is 3.29. The van der Waals surface area contributed by atoms with Crippen molar-refractivity contribution in [3.05, 3.63) is 74.5 Å². The quantitative estimate of drug-likeness (QED) is 0.459. The molecule has 0 amide bonds. The highest BCUT2D eigenvalue weighted by Crippen LogP contribution is 2.25. The van der Waals surface area contributed by atoms with E-state index < -0.39 is 0 Å². The first-order valence-electron chi connectivity index (χ1n) is 6.30. The molecule has 0 fully saturated rings. The fourth-order valence-electron chi connectivity index (χ4n) is 1.89. The lowest BCUT2D eigenvalue weighted by molar-refractivity contribution is 0.897. The van der Waals surface area contributed by atoms with Crippen LogP contribution >= 0.6 is 35.2 Å². The van der Waals surface area contributed by atoms with E-state index in [9.17, 15) is 0 Å². The third-order valence-electron chi connectivity index (χ3n) is 2.93. The largest absolute Gasteiger partial charge is 0.211 e. The summed E-state index contributed by atoms with van der Waals surface area (Å²) < 4.78 is 2.49. The van der Waals surface area contributed by atoms with Gasteiger partial charge < -0.3 is 0 Å². The molecule has 1 heterocycles. The molecule has 1 aromatic heterocycles. The second kappa shape index (κ2) is 6.35. The molecule has 0 aliphatic carbocycles. The van der Waals surface area contributed by atoms with Crippen molar-refractivity contribution in [1.82, 2.24) is 4.68 Å². The molecule has 0 atom stereocenters. The molecule has 0 aliphatic heterocycles. The van der Waals surface area contributed by atoms with Crippen LogP contribution in [0.3, 0.4) is 0 Å². The molecule has 21 heavy (non-hydrogen) atoms. The van der Waals surface area contributed by atoms with Gasteiger partial charge in [-0.05, 0) is 29.9 Å². The van der Waals surface area contributed by atoms with Gasteiger partial charge in [0.05, 0.1) is 11.9 Å². The average molecular weight is 331 g/mol. The second-order valence-electron chi connectivity index (χ2n) is 4.36. The number of aromatic nitrogens is 1. The maximum absolute atomic E-state index is 5.93. The van der Waals surface area contributed by atoms with Crippen LogP contribution in [0.15, 0.2) is 65.1 Å². The molecule has 0 spiro atoms. The minimum absolute atomic E-state index is 0.715. The third-order valence-corrected chi connectivity index (χ3v) is 4.36. The molecule has 0 saturated heterocycles. The topological polar surface area (TPSA) is 17.3 Å². The predicted molar refractivity (Wildman–Crippen MR) is 93.0 cm³/mol. The Morgan fingerprint density at radius 3 is 2.48 bits per heavy atom. The molecule has 0 bridgehead atoms. The normalized spacial score (nSPS) is 11.1. The van der Waals surface area contributed by atoms with E-state index in [0.717, 1.165) is 16.8 Å². The number of thiazole rings is 1. The van der Waals surface area contributed by atoms with E-state index in [0.29, 0.717) is 8.98 Å². The number of benzene rings is 2. The van der Waals surface area contributed by atoms with E-state index in [4.69, 9.17) is 23.8 Å². The van der Waals surface area contributed by atoms with E-state index >= 15 is 0 Å². The molecule has 0 radical (unpaired) electrons. The van der Waals surface area contributed by atoms with Crippen molar-refractivity contribution in [2.45, 2.75) is 0 Å². The fourth-order valence-corrected chi connectivity index (χ4v) is 3.00. The fraction of sp³-hybridized carbons (Fsp3) is 0. The van der Waals surface area contributed by atoms with E-state index in [2.05, 4.69) is 5.10 Å². The van der Waals surface area contributed by atoms with E-state index in [1.54, 1.807) is 4.68 Å². The molecule has 2 aromatic carbocycles. The van der Waals surface area contributed by atoms with Crippen molar-refractivity contribution >= 4 is 41.4 Å². The van der Waals surface area contributed by atoms with Gasteiger partial charge in [-0.25, -0.2) is 4.68 Å². The standard InChI is InChI=1S/C16H11ClN2S2/c17-14-8-6-13(7-9-14)15-11-21-16(20)19(15)18-10-12-4-2-1-3-5-12/h1-11H. The smallest absolute Gasteiger partial charge is 0.182 e. The van der Waals surface area contributed by atoms with Crippen molar-refractivity contribution < 1.29 is 0 Å². The summed E-state index contributed by atoms with van der Waals surface area (Å²) in [5, 5.41) is 7.22. The lowest BCUT2D eigenvalue weighted by atomic mass is 10.2. The van der Waals surface area contributed by atoms with Crippen LogP contribution in [0.2, 0.25) is 5.02 Å². The van der Waals surface area contributed by atoms with Gasteiger partial charge in [0.25, 0.3) is 0 Å². The monoisotopic (exact) mass is 330 g/mol. The lowest BCUT2D eigenvalue weighted by Gasteiger charge is -2.03. The molecule has 3 aromatic rings. The van der Waals surface area contributed by atoms with Crippen LogP contribution in [0.5, 0.6) is 0 Å². The number of hydrogen-bond acceptors (Lipinski definition) is 3. The van der Waals surface area contributed by atoms with E-state index in [1.165, 1.54) is 11.3 Å². The summed E-state index contributed by atoms with van der Waals surface area (Å²) >= 11 is 12.8. The summed E-state index contributed by atoms with van der Waals surface area (Å²) in [7, 11) is 0. The van der Waals surface area contributed by atoms with Gasteiger partial charge in [-0.3, -0.25) is 0 Å². The van der Waals surface area contributed by atoms with Crippen molar-refractivity contribution in [3.63, 3.8) is 0 Å². The maximum atomic E-state index is 5.93. The molecule has 0 aliphatic rings. The number of rotatable bonds is 3. The van der Waals surface area contributed by atoms with Crippen molar-refractivity contribution in [1.29, 1.82) is 0 Å².